The van der Waals surface area contributed by atoms with E-state index in [4.69, 9.17) is 27.9 Å². The van der Waals surface area contributed by atoms with E-state index in [2.05, 4.69) is 5.32 Å². The van der Waals surface area contributed by atoms with Crippen molar-refractivity contribution in [3.05, 3.63) is 50.1 Å². The Kier molecular flexibility index (Phi) is 5.22. The van der Waals surface area contributed by atoms with Crippen LogP contribution >= 0.6 is 34.5 Å². The molecule has 1 aromatic heterocycles. The van der Waals surface area contributed by atoms with Gasteiger partial charge in [0.1, 0.15) is 4.88 Å². The zero-order valence-electron chi connectivity index (χ0n) is 11.0. The van der Waals surface area contributed by atoms with Gasteiger partial charge < -0.3 is 10.1 Å². The van der Waals surface area contributed by atoms with Gasteiger partial charge in [0.15, 0.2) is 6.61 Å². The van der Waals surface area contributed by atoms with Gasteiger partial charge in [0, 0.05) is 0 Å². The van der Waals surface area contributed by atoms with Crippen molar-refractivity contribution in [3.63, 3.8) is 0 Å². The number of aryl methyl sites for hydroxylation is 1. The van der Waals surface area contributed by atoms with Gasteiger partial charge in [0.05, 0.1) is 15.7 Å². The summed E-state index contributed by atoms with van der Waals surface area (Å²) in [6.07, 6.45) is 0. The van der Waals surface area contributed by atoms with Crippen LogP contribution < -0.4 is 5.32 Å². The number of nitrogens with one attached hydrogen (secondary N) is 1. The van der Waals surface area contributed by atoms with E-state index in [0.29, 0.717) is 15.6 Å². The third-order valence-corrected chi connectivity index (χ3v) is 4.42. The molecule has 0 fully saturated rings. The highest BCUT2D eigenvalue weighted by molar-refractivity contribution is 7.12. The molecule has 0 saturated carbocycles. The lowest BCUT2D eigenvalue weighted by Crippen LogP contribution is -2.21. The van der Waals surface area contributed by atoms with Gasteiger partial charge in [0.2, 0.25) is 0 Å². The van der Waals surface area contributed by atoms with Crippen LogP contribution in [0.5, 0.6) is 0 Å². The highest BCUT2D eigenvalue weighted by Crippen LogP contribution is 2.29. The van der Waals surface area contributed by atoms with Crippen molar-refractivity contribution in [2.24, 2.45) is 0 Å². The molecule has 2 aromatic rings. The SMILES string of the molecule is Cc1ccsc1C(=O)OCC(=O)Nc1cccc(Cl)c1Cl. The Hall–Kier alpha value is -1.56. The van der Waals surface area contributed by atoms with E-state index in [1.165, 1.54) is 11.3 Å². The van der Waals surface area contributed by atoms with Crippen molar-refractivity contribution in [2.45, 2.75) is 6.92 Å². The predicted octanol–water partition coefficient (Wildman–Crippen LogP) is 4.16. The van der Waals surface area contributed by atoms with E-state index in [1.54, 1.807) is 30.5 Å². The number of amides is 1. The Bertz CT molecular complexity index is 685. The summed E-state index contributed by atoms with van der Waals surface area (Å²) in [5.74, 6) is -1.00. The Balaban J connectivity index is 1.92. The zero-order valence-corrected chi connectivity index (χ0v) is 13.3. The van der Waals surface area contributed by atoms with Gasteiger partial charge in [-0.05, 0) is 36.1 Å². The van der Waals surface area contributed by atoms with Gasteiger partial charge in [-0.2, -0.15) is 0 Å². The molecule has 1 N–H and O–H groups in total. The lowest BCUT2D eigenvalue weighted by Gasteiger charge is -2.08. The second kappa shape index (κ2) is 6.93. The standard InChI is InChI=1S/C14H11Cl2NO3S/c1-8-5-6-21-13(8)14(19)20-7-11(18)17-10-4-2-3-9(15)12(10)16/h2-6H,7H2,1H3,(H,17,18). The molecule has 21 heavy (non-hydrogen) atoms. The molecule has 0 radical (unpaired) electrons. The van der Waals surface area contributed by atoms with Gasteiger partial charge in [0.25, 0.3) is 5.91 Å². The van der Waals surface area contributed by atoms with Crippen LogP contribution in [0.1, 0.15) is 15.2 Å². The fourth-order valence-corrected chi connectivity index (χ4v) is 2.73. The maximum Gasteiger partial charge on any atom is 0.349 e. The highest BCUT2D eigenvalue weighted by Gasteiger charge is 2.14. The monoisotopic (exact) mass is 343 g/mol. The Labute approximate surface area is 135 Å². The van der Waals surface area contributed by atoms with Crippen LogP contribution in [0.4, 0.5) is 5.69 Å². The van der Waals surface area contributed by atoms with Gasteiger partial charge in [-0.3, -0.25) is 4.79 Å². The van der Waals surface area contributed by atoms with Crippen molar-refractivity contribution in [3.8, 4) is 0 Å². The molecule has 4 nitrogen and oxygen atoms in total. The molecule has 0 bridgehead atoms. The summed E-state index contributed by atoms with van der Waals surface area (Å²) < 4.78 is 4.95. The molecule has 1 amide bonds. The van der Waals surface area contributed by atoms with Crippen LogP contribution in [-0.2, 0) is 9.53 Å². The highest BCUT2D eigenvalue weighted by atomic mass is 35.5. The number of ether oxygens (including phenoxy) is 1. The number of carbonyl (C=O) groups excluding carboxylic acids is 2. The summed E-state index contributed by atoms with van der Waals surface area (Å²) in [7, 11) is 0. The van der Waals surface area contributed by atoms with Crippen LogP contribution in [0.2, 0.25) is 10.0 Å². The first kappa shape index (κ1) is 15.8. The minimum absolute atomic E-state index is 0.243. The molecule has 0 aliphatic carbocycles. The zero-order chi connectivity index (χ0) is 15.4. The summed E-state index contributed by atoms with van der Waals surface area (Å²) >= 11 is 13.1. The molecule has 110 valence electrons. The fourth-order valence-electron chi connectivity index (χ4n) is 1.57. The number of halogens is 2. The first-order chi connectivity index (χ1) is 9.99. The Morgan fingerprint density at radius 1 is 1.29 bits per heavy atom. The Morgan fingerprint density at radius 3 is 2.71 bits per heavy atom. The molecular formula is C14H11Cl2NO3S. The lowest BCUT2D eigenvalue weighted by molar-refractivity contribution is -0.119. The molecule has 1 aromatic carbocycles. The van der Waals surface area contributed by atoms with Crippen molar-refractivity contribution in [2.75, 3.05) is 11.9 Å². The van der Waals surface area contributed by atoms with E-state index in [1.807, 2.05) is 6.07 Å². The molecule has 0 unspecified atom stereocenters. The van der Waals surface area contributed by atoms with E-state index in [-0.39, 0.29) is 11.6 Å². The quantitative estimate of drug-likeness (QED) is 0.848. The van der Waals surface area contributed by atoms with Crippen LogP contribution in [0, 0.1) is 6.92 Å². The molecule has 0 spiro atoms. The van der Waals surface area contributed by atoms with Crippen LogP contribution in [-0.4, -0.2) is 18.5 Å². The third-order valence-electron chi connectivity index (χ3n) is 2.61. The number of anilines is 1. The van der Waals surface area contributed by atoms with Crippen molar-refractivity contribution >= 4 is 52.1 Å². The molecule has 0 saturated heterocycles. The van der Waals surface area contributed by atoms with Crippen LogP contribution in [0.25, 0.3) is 0 Å². The van der Waals surface area contributed by atoms with Crippen LogP contribution in [0.15, 0.2) is 29.6 Å². The van der Waals surface area contributed by atoms with E-state index in [9.17, 15) is 9.59 Å². The van der Waals surface area contributed by atoms with Gasteiger partial charge in [-0.15, -0.1) is 11.3 Å². The number of carbonyl (C=O) groups is 2. The van der Waals surface area contributed by atoms with E-state index < -0.39 is 11.9 Å². The summed E-state index contributed by atoms with van der Waals surface area (Å²) in [4.78, 5) is 24.0. The van der Waals surface area contributed by atoms with Crippen LogP contribution in [0.3, 0.4) is 0 Å². The summed E-state index contributed by atoms with van der Waals surface area (Å²) in [6.45, 7) is 1.41. The predicted molar refractivity (Wildman–Crippen MR) is 84.4 cm³/mol. The van der Waals surface area contributed by atoms with Gasteiger partial charge in [-0.25, -0.2) is 4.79 Å². The molecule has 0 aliphatic rings. The number of rotatable bonds is 4. The average molecular weight is 344 g/mol. The largest absolute Gasteiger partial charge is 0.451 e. The summed E-state index contributed by atoms with van der Waals surface area (Å²) in [6, 6.07) is 6.69. The number of benzene rings is 1. The second-order valence-corrected chi connectivity index (χ2v) is 5.86. The normalized spacial score (nSPS) is 10.2. The first-order valence-corrected chi connectivity index (χ1v) is 7.57. The van der Waals surface area contributed by atoms with Gasteiger partial charge in [-0.1, -0.05) is 29.3 Å². The molecule has 0 aliphatic heterocycles. The third kappa shape index (κ3) is 3.97. The Morgan fingerprint density at radius 2 is 2.05 bits per heavy atom. The maximum atomic E-state index is 11.8. The number of thiophene rings is 1. The summed E-state index contributed by atoms with van der Waals surface area (Å²) in [5, 5.41) is 4.90. The molecule has 2 rings (SSSR count). The number of esters is 1. The molecular weight excluding hydrogens is 333 g/mol. The first-order valence-electron chi connectivity index (χ1n) is 5.94. The minimum Gasteiger partial charge on any atom is -0.451 e. The summed E-state index contributed by atoms with van der Waals surface area (Å²) in [5.41, 5.74) is 1.20. The van der Waals surface area contributed by atoms with Crippen molar-refractivity contribution in [1.29, 1.82) is 0 Å². The number of hydrogen-bond acceptors (Lipinski definition) is 4. The van der Waals surface area contributed by atoms with E-state index in [0.717, 1.165) is 5.56 Å². The number of hydrogen-bond donors (Lipinski definition) is 1. The lowest BCUT2D eigenvalue weighted by atomic mass is 10.3. The maximum absolute atomic E-state index is 11.8. The van der Waals surface area contributed by atoms with E-state index >= 15 is 0 Å². The molecule has 0 atom stereocenters. The fraction of sp³-hybridized carbons (Fsp3) is 0.143. The molecule has 7 heteroatoms. The smallest absolute Gasteiger partial charge is 0.349 e. The van der Waals surface area contributed by atoms with Crippen molar-refractivity contribution in [1.82, 2.24) is 0 Å². The van der Waals surface area contributed by atoms with Gasteiger partial charge >= 0.3 is 5.97 Å². The average Bonchev–Trinajstić information content (AvgIpc) is 2.87. The van der Waals surface area contributed by atoms with Crippen molar-refractivity contribution < 1.29 is 14.3 Å². The topological polar surface area (TPSA) is 55.4 Å². The second-order valence-electron chi connectivity index (χ2n) is 4.16. The molecule has 1 heterocycles. The minimum atomic E-state index is -0.519.